The number of pyridine rings is 1. The molecule has 2 atom stereocenters. The minimum Gasteiger partial charge on any atom is -0.505 e. The Labute approximate surface area is 198 Å². The van der Waals surface area contributed by atoms with Crippen molar-refractivity contribution in [2.24, 2.45) is 0 Å². The molecule has 2 saturated heterocycles. The molecule has 2 N–H and O–H groups in total. The number of aromatic nitrogens is 3. The molecule has 12 heteroatoms. The first-order valence-electron chi connectivity index (χ1n) is 11.0. The van der Waals surface area contributed by atoms with Gasteiger partial charge in [0.25, 0.3) is 0 Å². The standard InChI is InChI=1S/C23H23F3N6O3/c1-23(2,3)35-22(34)32-9-11-6-12(32)8-31(11)21-13(24)7-15-19(30-21)20(28-10-27-15)29-14-4-5-16(33)18(26)17(14)25/h4-5,7,10-12,33H,6,8-9H2,1-3H3,(H,27,28,29)/t11-,12-/m0/s1. The lowest BCUT2D eigenvalue weighted by molar-refractivity contribution is 0.0214. The fourth-order valence-electron chi connectivity index (χ4n) is 4.48. The summed E-state index contributed by atoms with van der Waals surface area (Å²) in [4.78, 5) is 28.5. The highest BCUT2D eigenvalue weighted by atomic mass is 19.2. The maximum absolute atomic E-state index is 15.1. The van der Waals surface area contributed by atoms with Crippen LogP contribution >= 0.6 is 0 Å². The highest BCUT2D eigenvalue weighted by Crippen LogP contribution is 2.37. The summed E-state index contributed by atoms with van der Waals surface area (Å²) in [6, 6.07) is 3.05. The van der Waals surface area contributed by atoms with E-state index in [4.69, 9.17) is 4.74 Å². The molecular formula is C23H23F3N6O3. The van der Waals surface area contributed by atoms with Gasteiger partial charge in [0.15, 0.2) is 29.0 Å². The maximum Gasteiger partial charge on any atom is 0.410 e. The summed E-state index contributed by atoms with van der Waals surface area (Å²) in [5.41, 5.74) is -0.568. The summed E-state index contributed by atoms with van der Waals surface area (Å²) >= 11 is 0. The molecule has 1 amide bonds. The van der Waals surface area contributed by atoms with Crippen molar-refractivity contribution in [2.45, 2.75) is 44.9 Å². The van der Waals surface area contributed by atoms with Gasteiger partial charge in [-0.05, 0) is 39.3 Å². The summed E-state index contributed by atoms with van der Waals surface area (Å²) in [5, 5.41) is 12.0. The van der Waals surface area contributed by atoms with E-state index in [2.05, 4.69) is 20.3 Å². The van der Waals surface area contributed by atoms with Gasteiger partial charge in [0, 0.05) is 19.2 Å². The van der Waals surface area contributed by atoms with Crippen molar-refractivity contribution in [3.63, 3.8) is 0 Å². The number of rotatable bonds is 3. The Balaban J connectivity index is 1.44. The van der Waals surface area contributed by atoms with Crippen LogP contribution in [0.25, 0.3) is 11.0 Å². The van der Waals surface area contributed by atoms with Crippen LogP contribution in [0.4, 0.5) is 35.3 Å². The van der Waals surface area contributed by atoms with Crippen LogP contribution in [-0.2, 0) is 4.74 Å². The second kappa shape index (κ2) is 8.14. The summed E-state index contributed by atoms with van der Waals surface area (Å²) < 4.78 is 48.6. The first-order valence-corrected chi connectivity index (χ1v) is 11.0. The number of benzene rings is 1. The van der Waals surface area contributed by atoms with Crippen molar-refractivity contribution in [3.8, 4) is 5.75 Å². The number of halogens is 3. The number of carbonyl (C=O) groups is 1. The number of amides is 1. The molecule has 1 aromatic carbocycles. The second-order valence-corrected chi connectivity index (χ2v) is 9.60. The summed E-state index contributed by atoms with van der Waals surface area (Å²) in [6.07, 6.45) is 1.39. The highest BCUT2D eigenvalue weighted by molar-refractivity contribution is 5.88. The minimum atomic E-state index is -1.41. The van der Waals surface area contributed by atoms with Crippen molar-refractivity contribution in [1.82, 2.24) is 19.9 Å². The van der Waals surface area contributed by atoms with Gasteiger partial charge in [-0.3, -0.25) is 0 Å². The van der Waals surface area contributed by atoms with Gasteiger partial charge in [-0.15, -0.1) is 0 Å². The fraction of sp³-hybridized carbons (Fsp3) is 0.391. The van der Waals surface area contributed by atoms with E-state index in [1.807, 2.05) is 0 Å². The molecular weight excluding hydrogens is 465 g/mol. The van der Waals surface area contributed by atoms with Gasteiger partial charge >= 0.3 is 6.09 Å². The molecule has 9 nitrogen and oxygen atoms in total. The molecule has 4 heterocycles. The topological polar surface area (TPSA) is 104 Å². The van der Waals surface area contributed by atoms with E-state index in [0.29, 0.717) is 19.5 Å². The van der Waals surface area contributed by atoms with Gasteiger partial charge in [0.05, 0.1) is 23.3 Å². The average Bonchev–Trinajstić information content (AvgIpc) is 3.39. The van der Waals surface area contributed by atoms with Crippen molar-refractivity contribution < 1.29 is 27.8 Å². The lowest BCUT2D eigenvalue weighted by Gasteiger charge is -2.35. The maximum atomic E-state index is 15.1. The number of carbonyl (C=O) groups excluding carboxylic acids is 1. The molecule has 0 radical (unpaired) electrons. The van der Waals surface area contributed by atoms with E-state index in [1.54, 1.807) is 30.6 Å². The molecule has 0 unspecified atom stereocenters. The SMILES string of the molecule is CC(C)(C)OC(=O)N1C[C@@H]2C[C@H]1CN2c1nc2c(Nc3ccc(O)c(F)c3F)ncnc2cc1F. The van der Waals surface area contributed by atoms with Crippen LogP contribution in [0.5, 0.6) is 5.75 Å². The van der Waals surface area contributed by atoms with Crippen molar-refractivity contribution >= 4 is 34.4 Å². The zero-order valence-electron chi connectivity index (χ0n) is 19.2. The van der Waals surface area contributed by atoms with Gasteiger partial charge < -0.3 is 25.0 Å². The van der Waals surface area contributed by atoms with Crippen molar-refractivity contribution in [3.05, 3.63) is 42.0 Å². The van der Waals surface area contributed by atoms with Gasteiger partial charge in [-0.25, -0.2) is 28.5 Å². The smallest absolute Gasteiger partial charge is 0.410 e. The van der Waals surface area contributed by atoms with Crippen molar-refractivity contribution in [1.29, 1.82) is 0 Å². The molecule has 0 saturated carbocycles. The number of phenols is 1. The van der Waals surface area contributed by atoms with E-state index in [-0.39, 0.29) is 40.4 Å². The molecule has 2 aliphatic rings. The fourth-order valence-corrected chi connectivity index (χ4v) is 4.48. The Morgan fingerprint density at radius 3 is 2.60 bits per heavy atom. The number of phenolic OH excluding ortho intramolecular Hbond substituents is 1. The number of aromatic hydroxyl groups is 1. The number of nitrogens with one attached hydrogen (secondary N) is 1. The number of ether oxygens (including phenoxy) is 1. The summed E-state index contributed by atoms with van der Waals surface area (Å²) in [5.74, 6) is -4.02. The summed E-state index contributed by atoms with van der Waals surface area (Å²) in [7, 11) is 0. The quantitative estimate of drug-likeness (QED) is 0.532. The van der Waals surface area contributed by atoms with E-state index < -0.39 is 34.9 Å². The minimum absolute atomic E-state index is 0.0416. The number of hydrogen-bond donors (Lipinski definition) is 2. The zero-order chi connectivity index (χ0) is 25.1. The lowest BCUT2D eigenvalue weighted by atomic mass is 10.2. The first-order chi connectivity index (χ1) is 16.5. The number of nitrogens with zero attached hydrogens (tertiary/aromatic N) is 5. The number of piperazine rings is 1. The molecule has 184 valence electrons. The number of fused-ring (bicyclic) bond motifs is 3. The van der Waals surface area contributed by atoms with Gasteiger partial charge in [-0.2, -0.15) is 4.39 Å². The first kappa shape index (κ1) is 22.9. The van der Waals surface area contributed by atoms with E-state index in [9.17, 15) is 18.7 Å². The molecule has 3 aromatic rings. The molecule has 5 rings (SSSR count). The van der Waals surface area contributed by atoms with Crippen molar-refractivity contribution in [2.75, 3.05) is 23.3 Å². The Bertz CT molecular complexity index is 1330. The number of hydrogen-bond acceptors (Lipinski definition) is 8. The molecule has 2 aromatic heterocycles. The predicted molar refractivity (Wildman–Crippen MR) is 121 cm³/mol. The second-order valence-electron chi connectivity index (χ2n) is 9.60. The van der Waals surface area contributed by atoms with Crippen LogP contribution < -0.4 is 10.2 Å². The average molecular weight is 488 g/mol. The van der Waals surface area contributed by atoms with Gasteiger partial charge in [0.2, 0.25) is 5.82 Å². The third-order valence-electron chi connectivity index (χ3n) is 6.00. The Kier molecular flexibility index (Phi) is 5.33. The Morgan fingerprint density at radius 1 is 1.14 bits per heavy atom. The normalized spacial score (nSPS) is 19.5. The zero-order valence-corrected chi connectivity index (χ0v) is 19.2. The molecule has 0 aliphatic carbocycles. The van der Waals surface area contributed by atoms with Crippen LogP contribution in [0.3, 0.4) is 0 Å². The van der Waals surface area contributed by atoms with Gasteiger partial charge in [0.1, 0.15) is 17.4 Å². The number of likely N-dealkylation sites (tertiary alicyclic amines) is 1. The summed E-state index contributed by atoms with van der Waals surface area (Å²) in [6.45, 7) is 6.13. The Hall–Kier alpha value is -3.83. The van der Waals surface area contributed by atoms with Crippen LogP contribution in [0, 0.1) is 17.5 Å². The molecule has 2 bridgehead atoms. The van der Waals surface area contributed by atoms with E-state index >= 15 is 4.39 Å². The number of anilines is 3. The largest absolute Gasteiger partial charge is 0.505 e. The van der Waals surface area contributed by atoms with Crippen LogP contribution in [0.2, 0.25) is 0 Å². The molecule has 35 heavy (non-hydrogen) atoms. The van der Waals surface area contributed by atoms with Crippen LogP contribution in [0.1, 0.15) is 27.2 Å². The third-order valence-corrected chi connectivity index (χ3v) is 6.00. The third kappa shape index (κ3) is 4.13. The van der Waals surface area contributed by atoms with E-state index in [0.717, 1.165) is 18.5 Å². The Morgan fingerprint density at radius 2 is 1.91 bits per heavy atom. The van der Waals surface area contributed by atoms with Crippen LogP contribution in [0.15, 0.2) is 24.5 Å². The van der Waals surface area contributed by atoms with Crippen LogP contribution in [-0.4, -0.2) is 61.8 Å². The molecule has 2 aliphatic heterocycles. The molecule has 2 fully saturated rings. The van der Waals surface area contributed by atoms with Gasteiger partial charge in [-0.1, -0.05) is 0 Å². The highest BCUT2D eigenvalue weighted by Gasteiger charge is 2.47. The monoisotopic (exact) mass is 488 g/mol. The predicted octanol–water partition coefficient (Wildman–Crippen LogP) is 4.09. The van der Waals surface area contributed by atoms with E-state index in [1.165, 1.54) is 6.07 Å². The lowest BCUT2D eigenvalue weighted by Crippen LogP contribution is -2.50. The molecule has 0 spiro atoms.